The van der Waals surface area contributed by atoms with Crippen molar-refractivity contribution in [2.24, 2.45) is 0 Å². The van der Waals surface area contributed by atoms with Crippen LogP contribution in [0, 0.1) is 0 Å². The average Bonchev–Trinajstić information content (AvgIpc) is 3.38. The lowest BCUT2D eigenvalue weighted by atomic mass is 10.1. The fraction of sp³-hybridized carbons (Fsp3) is 0.444. The maximum atomic E-state index is 5.66. The van der Waals surface area contributed by atoms with Gasteiger partial charge < -0.3 is 19.3 Å². The summed E-state index contributed by atoms with van der Waals surface area (Å²) in [7, 11) is 1.64. The average molecular weight is 407 g/mol. The standard InChI is InChI=1S/C18H22N6O3.ClH/c1-25-15-6-2-4-13(8-15)10-26-11-16-21-18(27-23-16)17-20-12-24(22-17)14-5-3-7-19-9-14;/h2,4,6,8,12,14,19H,3,5,7,9-11H2,1H3;1H. The molecule has 0 aliphatic carbocycles. The maximum absolute atomic E-state index is 5.66. The van der Waals surface area contributed by atoms with E-state index < -0.39 is 0 Å². The second-order valence-corrected chi connectivity index (χ2v) is 6.41. The normalized spacial score (nSPS) is 16.5. The Bertz CT molecular complexity index is 878. The minimum Gasteiger partial charge on any atom is -0.497 e. The highest BCUT2D eigenvalue weighted by atomic mass is 35.5. The fourth-order valence-electron chi connectivity index (χ4n) is 3.03. The molecule has 1 atom stereocenters. The second kappa shape index (κ2) is 9.63. The zero-order chi connectivity index (χ0) is 18.5. The number of piperidine rings is 1. The molecular weight excluding hydrogens is 384 g/mol. The molecule has 2 aromatic heterocycles. The Labute approximate surface area is 168 Å². The van der Waals surface area contributed by atoms with Gasteiger partial charge in [-0.05, 0) is 37.1 Å². The molecule has 4 rings (SSSR count). The number of benzene rings is 1. The number of rotatable bonds is 7. The monoisotopic (exact) mass is 406 g/mol. The molecule has 28 heavy (non-hydrogen) atoms. The summed E-state index contributed by atoms with van der Waals surface area (Å²) in [6.45, 7) is 2.63. The number of hydrogen-bond donors (Lipinski definition) is 1. The van der Waals surface area contributed by atoms with Crippen LogP contribution >= 0.6 is 12.4 Å². The van der Waals surface area contributed by atoms with E-state index in [0.29, 0.717) is 30.2 Å². The zero-order valence-electron chi connectivity index (χ0n) is 15.6. The van der Waals surface area contributed by atoms with Gasteiger partial charge in [0.2, 0.25) is 5.82 Å². The van der Waals surface area contributed by atoms with Crippen molar-refractivity contribution in [1.29, 1.82) is 0 Å². The van der Waals surface area contributed by atoms with Crippen molar-refractivity contribution < 1.29 is 14.0 Å². The highest BCUT2D eigenvalue weighted by molar-refractivity contribution is 5.85. The first-order chi connectivity index (χ1) is 13.3. The number of nitrogens with one attached hydrogen (secondary N) is 1. The Balaban J connectivity index is 0.00000225. The van der Waals surface area contributed by atoms with Crippen LogP contribution in [0.3, 0.4) is 0 Å². The van der Waals surface area contributed by atoms with Crippen LogP contribution in [0.25, 0.3) is 11.7 Å². The van der Waals surface area contributed by atoms with Gasteiger partial charge in [0.25, 0.3) is 5.89 Å². The van der Waals surface area contributed by atoms with Crippen LogP contribution in [-0.4, -0.2) is 45.1 Å². The molecule has 1 aromatic carbocycles. The molecule has 0 amide bonds. The Morgan fingerprint density at radius 3 is 3.07 bits per heavy atom. The topological polar surface area (TPSA) is 100 Å². The Morgan fingerprint density at radius 2 is 2.25 bits per heavy atom. The predicted octanol–water partition coefficient (Wildman–Crippen LogP) is 2.40. The van der Waals surface area contributed by atoms with E-state index in [9.17, 15) is 0 Å². The molecule has 10 heteroatoms. The number of nitrogens with zero attached hydrogens (tertiary/aromatic N) is 5. The molecule has 0 spiro atoms. The van der Waals surface area contributed by atoms with Crippen LogP contribution in [0.1, 0.15) is 30.3 Å². The van der Waals surface area contributed by atoms with E-state index in [2.05, 4.69) is 25.5 Å². The summed E-state index contributed by atoms with van der Waals surface area (Å²) in [6.07, 6.45) is 3.94. The van der Waals surface area contributed by atoms with Crippen molar-refractivity contribution in [3.8, 4) is 17.5 Å². The summed E-state index contributed by atoms with van der Waals surface area (Å²) < 4.78 is 18.0. The largest absolute Gasteiger partial charge is 0.497 e. The summed E-state index contributed by atoms with van der Waals surface area (Å²) >= 11 is 0. The van der Waals surface area contributed by atoms with Crippen molar-refractivity contribution in [2.75, 3.05) is 20.2 Å². The van der Waals surface area contributed by atoms with Crippen LogP contribution < -0.4 is 10.1 Å². The van der Waals surface area contributed by atoms with Crippen LogP contribution in [-0.2, 0) is 18.0 Å². The molecule has 150 valence electrons. The Hall–Kier alpha value is -2.49. The predicted molar refractivity (Wildman–Crippen MR) is 103 cm³/mol. The van der Waals surface area contributed by atoms with Crippen molar-refractivity contribution in [3.63, 3.8) is 0 Å². The Morgan fingerprint density at radius 1 is 1.32 bits per heavy atom. The van der Waals surface area contributed by atoms with Crippen LogP contribution in [0.15, 0.2) is 35.1 Å². The lowest BCUT2D eigenvalue weighted by molar-refractivity contribution is 0.0998. The van der Waals surface area contributed by atoms with Gasteiger partial charge in [0.1, 0.15) is 18.7 Å². The number of hydrogen-bond acceptors (Lipinski definition) is 8. The van der Waals surface area contributed by atoms with E-state index in [4.69, 9.17) is 14.0 Å². The van der Waals surface area contributed by atoms with E-state index >= 15 is 0 Å². The van der Waals surface area contributed by atoms with Crippen molar-refractivity contribution in [1.82, 2.24) is 30.2 Å². The van der Waals surface area contributed by atoms with Crippen LogP contribution in [0.5, 0.6) is 5.75 Å². The zero-order valence-corrected chi connectivity index (χ0v) is 16.4. The van der Waals surface area contributed by atoms with Crippen molar-refractivity contribution in [2.45, 2.75) is 32.1 Å². The van der Waals surface area contributed by atoms with Gasteiger partial charge in [0.05, 0.1) is 19.8 Å². The smallest absolute Gasteiger partial charge is 0.297 e. The SMILES string of the molecule is COc1cccc(COCc2noc(-c3ncn(C4CCCNC4)n3)n2)c1.Cl. The van der Waals surface area contributed by atoms with Gasteiger partial charge >= 0.3 is 0 Å². The molecule has 1 fully saturated rings. The molecule has 9 nitrogen and oxygen atoms in total. The molecule has 1 aliphatic rings. The van der Waals surface area contributed by atoms with Crippen molar-refractivity contribution in [3.05, 3.63) is 42.0 Å². The molecule has 0 radical (unpaired) electrons. The molecule has 0 bridgehead atoms. The number of ether oxygens (including phenoxy) is 2. The summed E-state index contributed by atoms with van der Waals surface area (Å²) in [5, 5.41) is 11.8. The lowest BCUT2D eigenvalue weighted by Crippen LogP contribution is -2.31. The highest BCUT2D eigenvalue weighted by Gasteiger charge is 2.19. The second-order valence-electron chi connectivity index (χ2n) is 6.41. The summed E-state index contributed by atoms with van der Waals surface area (Å²) in [6, 6.07) is 8.03. The first-order valence-corrected chi connectivity index (χ1v) is 8.97. The minimum absolute atomic E-state index is 0. The number of methoxy groups -OCH3 is 1. The number of aromatic nitrogens is 5. The van der Waals surface area contributed by atoms with E-state index in [-0.39, 0.29) is 19.0 Å². The van der Waals surface area contributed by atoms with Gasteiger partial charge in [-0.3, -0.25) is 0 Å². The Kier molecular flexibility index (Phi) is 6.96. The van der Waals surface area contributed by atoms with Crippen molar-refractivity contribution >= 4 is 12.4 Å². The first kappa shape index (κ1) is 20.2. The van der Waals surface area contributed by atoms with Crippen LogP contribution in [0.2, 0.25) is 0 Å². The summed E-state index contributed by atoms with van der Waals surface area (Å²) in [5.74, 6) is 2.00. The molecule has 1 aliphatic heterocycles. The van der Waals surface area contributed by atoms with E-state index in [0.717, 1.165) is 37.2 Å². The molecule has 3 heterocycles. The third kappa shape index (κ3) is 4.86. The molecular formula is C18H23ClN6O3. The van der Waals surface area contributed by atoms with Gasteiger partial charge in [-0.15, -0.1) is 17.5 Å². The fourth-order valence-corrected chi connectivity index (χ4v) is 3.03. The van der Waals surface area contributed by atoms with Gasteiger partial charge in [-0.25, -0.2) is 9.67 Å². The highest BCUT2D eigenvalue weighted by Crippen LogP contribution is 2.18. The van der Waals surface area contributed by atoms with Crippen LogP contribution in [0.4, 0.5) is 0 Å². The summed E-state index contributed by atoms with van der Waals surface area (Å²) in [4.78, 5) is 8.62. The van der Waals surface area contributed by atoms with E-state index in [1.165, 1.54) is 0 Å². The third-order valence-electron chi connectivity index (χ3n) is 4.45. The van der Waals surface area contributed by atoms with Gasteiger partial charge in [-0.2, -0.15) is 4.98 Å². The molecule has 1 saturated heterocycles. The molecule has 0 saturated carbocycles. The summed E-state index contributed by atoms with van der Waals surface area (Å²) in [5.41, 5.74) is 1.01. The third-order valence-corrected chi connectivity index (χ3v) is 4.45. The first-order valence-electron chi connectivity index (χ1n) is 8.97. The molecule has 1 N–H and O–H groups in total. The number of halogens is 1. The maximum Gasteiger partial charge on any atom is 0.297 e. The minimum atomic E-state index is 0. The quantitative estimate of drug-likeness (QED) is 0.638. The van der Waals surface area contributed by atoms with Gasteiger partial charge in [0, 0.05) is 6.54 Å². The van der Waals surface area contributed by atoms with Gasteiger partial charge in [0.15, 0.2) is 5.82 Å². The molecule has 3 aromatic rings. The van der Waals surface area contributed by atoms with E-state index in [1.807, 2.05) is 28.9 Å². The lowest BCUT2D eigenvalue weighted by Gasteiger charge is -2.22. The van der Waals surface area contributed by atoms with E-state index in [1.54, 1.807) is 13.4 Å². The van der Waals surface area contributed by atoms with Gasteiger partial charge in [-0.1, -0.05) is 17.3 Å². The molecule has 1 unspecified atom stereocenters.